The average Bonchev–Trinajstić information content (AvgIpc) is 2.70. The van der Waals surface area contributed by atoms with Gasteiger partial charge in [0, 0.05) is 24.7 Å². The Morgan fingerprint density at radius 2 is 2.15 bits per heavy atom. The molecule has 1 aliphatic heterocycles. The molecule has 4 atom stereocenters. The number of hydrogen-bond acceptors (Lipinski definition) is 4. The molecule has 1 N–H and O–H groups in total. The number of aliphatic hydroxyl groups excluding tert-OH is 1. The minimum atomic E-state index is -1.12. The highest BCUT2D eigenvalue weighted by atomic mass is 16.7. The number of rotatable bonds is 1. The Balaban J connectivity index is 2.17. The third-order valence-electron chi connectivity index (χ3n) is 5.24. The van der Waals surface area contributed by atoms with Crippen LogP contribution in [-0.4, -0.2) is 30.1 Å². The van der Waals surface area contributed by atoms with Gasteiger partial charge in [-0.05, 0) is 31.1 Å². The van der Waals surface area contributed by atoms with Crippen LogP contribution in [0.4, 0.5) is 0 Å². The smallest absolute Gasteiger partial charge is 0.333 e. The summed E-state index contributed by atoms with van der Waals surface area (Å²) in [5, 5.41) is 10.6. The SMILES string of the molecule is CO[C@@]12OC(=O)C=C1[C@H](O)C[C@H]1C(C)=C[C@@H]2CC1(C)C. The molecule has 0 saturated heterocycles. The van der Waals surface area contributed by atoms with Crippen molar-refractivity contribution < 1.29 is 19.4 Å². The molecule has 1 heterocycles. The highest BCUT2D eigenvalue weighted by molar-refractivity contribution is 5.87. The predicted molar refractivity (Wildman–Crippen MR) is 73.7 cm³/mol. The normalized spacial score (nSPS) is 42.2. The van der Waals surface area contributed by atoms with Gasteiger partial charge in [0.1, 0.15) is 0 Å². The van der Waals surface area contributed by atoms with Crippen LogP contribution in [-0.2, 0) is 14.3 Å². The van der Waals surface area contributed by atoms with Crippen molar-refractivity contribution in [3.8, 4) is 0 Å². The molecule has 2 bridgehead atoms. The maximum Gasteiger partial charge on any atom is 0.333 e. The van der Waals surface area contributed by atoms with Crippen LogP contribution in [0.15, 0.2) is 23.3 Å². The molecule has 20 heavy (non-hydrogen) atoms. The number of aliphatic hydroxyl groups is 1. The summed E-state index contributed by atoms with van der Waals surface area (Å²) in [6.07, 6.45) is 4.36. The summed E-state index contributed by atoms with van der Waals surface area (Å²) in [6.45, 7) is 6.52. The minimum absolute atomic E-state index is 0.0496. The van der Waals surface area contributed by atoms with Crippen LogP contribution in [0.25, 0.3) is 0 Å². The summed E-state index contributed by atoms with van der Waals surface area (Å²) in [5.41, 5.74) is 1.89. The van der Waals surface area contributed by atoms with Crippen molar-refractivity contribution in [3.05, 3.63) is 23.3 Å². The zero-order valence-electron chi connectivity index (χ0n) is 12.5. The summed E-state index contributed by atoms with van der Waals surface area (Å²) in [5.74, 6) is -1.28. The number of allylic oxidation sites excluding steroid dienone is 1. The van der Waals surface area contributed by atoms with E-state index in [-0.39, 0.29) is 11.3 Å². The van der Waals surface area contributed by atoms with Gasteiger partial charge < -0.3 is 14.6 Å². The molecule has 4 nitrogen and oxygen atoms in total. The lowest BCUT2D eigenvalue weighted by atomic mass is 9.59. The van der Waals surface area contributed by atoms with Crippen molar-refractivity contribution in [3.63, 3.8) is 0 Å². The summed E-state index contributed by atoms with van der Waals surface area (Å²) < 4.78 is 11.2. The van der Waals surface area contributed by atoms with Crippen LogP contribution in [0.1, 0.15) is 33.6 Å². The lowest BCUT2D eigenvalue weighted by Gasteiger charge is -2.50. The monoisotopic (exact) mass is 278 g/mol. The molecule has 3 aliphatic carbocycles. The highest BCUT2D eigenvalue weighted by Crippen LogP contribution is 2.55. The van der Waals surface area contributed by atoms with Gasteiger partial charge in [0.05, 0.1) is 6.10 Å². The van der Waals surface area contributed by atoms with E-state index in [1.54, 1.807) is 7.11 Å². The Morgan fingerprint density at radius 3 is 2.75 bits per heavy atom. The Morgan fingerprint density at radius 1 is 1.45 bits per heavy atom. The third kappa shape index (κ3) is 1.71. The number of hydrogen-bond donors (Lipinski definition) is 1. The van der Waals surface area contributed by atoms with Gasteiger partial charge in [0.15, 0.2) is 0 Å². The van der Waals surface area contributed by atoms with Gasteiger partial charge in [-0.3, -0.25) is 0 Å². The van der Waals surface area contributed by atoms with Gasteiger partial charge in [0.25, 0.3) is 0 Å². The van der Waals surface area contributed by atoms with E-state index in [9.17, 15) is 9.90 Å². The average molecular weight is 278 g/mol. The van der Waals surface area contributed by atoms with Crippen LogP contribution < -0.4 is 0 Å². The first kappa shape index (κ1) is 13.8. The molecule has 4 aliphatic rings. The zero-order chi connectivity index (χ0) is 14.7. The molecule has 4 heteroatoms. The van der Waals surface area contributed by atoms with Crippen molar-refractivity contribution in [1.82, 2.24) is 0 Å². The molecule has 0 aromatic heterocycles. The molecule has 110 valence electrons. The first-order chi connectivity index (χ1) is 9.30. The van der Waals surface area contributed by atoms with Crippen LogP contribution in [0.3, 0.4) is 0 Å². The van der Waals surface area contributed by atoms with Gasteiger partial charge in [-0.2, -0.15) is 0 Å². The Kier molecular flexibility index (Phi) is 2.89. The van der Waals surface area contributed by atoms with E-state index in [1.807, 2.05) is 0 Å². The van der Waals surface area contributed by atoms with Gasteiger partial charge in [0.2, 0.25) is 5.79 Å². The summed E-state index contributed by atoms with van der Waals surface area (Å²) in [6, 6.07) is 0. The van der Waals surface area contributed by atoms with E-state index in [0.717, 1.165) is 6.42 Å². The molecule has 0 radical (unpaired) electrons. The Bertz CT molecular complexity index is 517. The van der Waals surface area contributed by atoms with E-state index in [0.29, 0.717) is 17.9 Å². The van der Waals surface area contributed by atoms with Crippen molar-refractivity contribution >= 4 is 5.97 Å². The van der Waals surface area contributed by atoms with E-state index >= 15 is 0 Å². The fraction of sp³-hybridized carbons (Fsp3) is 0.688. The van der Waals surface area contributed by atoms with Gasteiger partial charge in [-0.1, -0.05) is 25.5 Å². The molecule has 4 rings (SSSR count). The molecule has 0 spiro atoms. The standard InChI is InChI=1S/C16H22O4/c1-9-5-10-8-15(2,3)11(9)6-13(17)12-7-14(18)20-16(10,12)19-4/h5,7,10-11,13,17H,6,8H2,1-4H3/t10-,11+,13-,16+/m1/s1. The molecular weight excluding hydrogens is 256 g/mol. The minimum Gasteiger partial charge on any atom is -0.425 e. The maximum atomic E-state index is 11.8. The van der Waals surface area contributed by atoms with E-state index in [1.165, 1.54) is 11.6 Å². The van der Waals surface area contributed by atoms with Crippen molar-refractivity contribution in [2.24, 2.45) is 17.3 Å². The van der Waals surface area contributed by atoms with Crippen LogP contribution in [0.5, 0.6) is 0 Å². The van der Waals surface area contributed by atoms with Crippen LogP contribution in [0, 0.1) is 17.3 Å². The second-order valence-corrected chi connectivity index (χ2v) is 6.91. The molecule has 1 saturated carbocycles. The number of esters is 1. The predicted octanol–water partition coefficient (Wildman–Crippen LogP) is 2.19. The number of carbonyl (C=O) groups is 1. The van der Waals surface area contributed by atoms with Gasteiger partial charge in [-0.25, -0.2) is 4.79 Å². The fourth-order valence-corrected chi connectivity index (χ4v) is 4.31. The van der Waals surface area contributed by atoms with Crippen LogP contribution in [0.2, 0.25) is 0 Å². The summed E-state index contributed by atoms with van der Waals surface area (Å²) in [4.78, 5) is 11.8. The fourth-order valence-electron chi connectivity index (χ4n) is 4.31. The van der Waals surface area contributed by atoms with Crippen molar-refractivity contribution in [2.45, 2.75) is 45.5 Å². The zero-order valence-corrected chi connectivity index (χ0v) is 12.5. The third-order valence-corrected chi connectivity index (χ3v) is 5.24. The number of methoxy groups -OCH3 is 1. The number of carbonyl (C=O) groups excluding carboxylic acids is 1. The van der Waals surface area contributed by atoms with E-state index < -0.39 is 17.9 Å². The van der Waals surface area contributed by atoms with Crippen molar-refractivity contribution in [2.75, 3.05) is 7.11 Å². The second kappa shape index (κ2) is 4.18. The van der Waals surface area contributed by atoms with Crippen molar-refractivity contribution in [1.29, 1.82) is 0 Å². The van der Waals surface area contributed by atoms with E-state index in [2.05, 4.69) is 26.8 Å². The molecule has 0 amide bonds. The Hall–Kier alpha value is -1.13. The number of ether oxygens (including phenoxy) is 2. The largest absolute Gasteiger partial charge is 0.425 e. The lowest BCUT2D eigenvalue weighted by molar-refractivity contribution is -0.219. The topological polar surface area (TPSA) is 55.8 Å². The molecule has 0 unspecified atom stereocenters. The molecule has 1 fully saturated rings. The summed E-state index contributed by atoms with van der Waals surface area (Å²) in [7, 11) is 1.54. The Labute approximate surface area is 119 Å². The first-order valence-electron chi connectivity index (χ1n) is 7.17. The quantitative estimate of drug-likeness (QED) is 0.590. The lowest BCUT2D eigenvalue weighted by Crippen LogP contribution is -2.52. The molecule has 0 aromatic carbocycles. The molecular formula is C16H22O4. The van der Waals surface area contributed by atoms with Crippen LogP contribution >= 0.6 is 0 Å². The number of fused-ring (bicyclic) bond motifs is 2. The summed E-state index contributed by atoms with van der Waals surface area (Å²) >= 11 is 0. The van der Waals surface area contributed by atoms with Gasteiger partial charge >= 0.3 is 5.97 Å². The van der Waals surface area contributed by atoms with Gasteiger partial charge in [-0.15, -0.1) is 0 Å². The molecule has 0 aromatic rings. The second-order valence-electron chi connectivity index (χ2n) is 6.91. The first-order valence-corrected chi connectivity index (χ1v) is 7.17. The highest BCUT2D eigenvalue weighted by Gasteiger charge is 2.57. The maximum absolute atomic E-state index is 11.8. The van der Waals surface area contributed by atoms with E-state index in [4.69, 9.17) is 9.47 Å².